The number of carbonyl (C=O) groups is 2. The molecule has 1 N–H and O–H groups in total. The van der Waals surface area contributed by atoms with Crippen LogP contribution in [0.25, 0.3) is 0 Å². The number of hydrogen-bond donors (Lipinski definition) is 1. The van der Waals surface area contributed by atoms with Crippen LogP contribution in [0.3, 0.4) is 0 Å². The normalized spacial score (nSPS) is 24.0. The van der Waals surface area contributed by atoms with E-state index in [4.69, 9.17) is 4.74 Å². The van der Waals surface area contributed by atoms with Gasteiger partial charge < -0.3 is 14.7 Å². The highest BCUT2D eigenvalue weighted by molar-refractivity contribution is 5.87. The zero-order chi connectivity index (χ0) is 13.4. The fourth-order valence-corrected chi connectivity index (χ4v) is 1.83. The lowest BCUT2D eigenvalue weighted by Crippen LogP contribution is -2.37. The first kappa shape index (κ1) is 14.0. The summed E-state index contributed by atoms with van der Waals surface area (Å²) in [4.78, 5) is 24.6. The molecule has 0 unspecified atom stereocenters. The van der Waals surface area contributed by atoms with Gasteiger partial charge in [0.2, 0.25) is 0 Å². The number of hydrogen-bond acceptors (Lipinski definition) is 4. The number of likely N-dealkylation sites (tertiary alicyclic amines) is 1. The quantitative estimate of drug-likeness (QED) is 0.719. The van der Waals surface area contributed by atoms with Gasteiger partial charge in [-0.05, 0) is 20.8 Å². The number of aliphatic hydroxyl groups excluding tert-OH is 1. The number of ether oxygens (including phenoxy) is 1. The molecule has 1 saturated heterocycles. The molecule has 1 heterocycles. The molecule has 0 radical (unpaired) electrons. The number of nitrogens with zero attached hydrogens (tertiary/aromatic N) is 1. The summed E-state index contributed by atoms with van der Waals surface area (Å²) >= 11 is 0. The van der Waals surface area contributed by atoms with E-state index in [-0.39, 0.29) is 6.54 Å². The third-order valence-corrected chi connectivity index (χ3v) is 2.62. The number of carbonyl (C=O) groups excluding carboxylic acids is 2. The Morgan fingerprint density at radius 3 is 2.41 bits per heavy atom. The predicted molar refractivity (Wildman–Crippen MR) is 62.2 cm³/mol. The molecule has 5 nitrogen and oxygen atoms in total. The smallest absolute Gasteiger partial charge is 0.326 e. The Balaban J connectivity index is 2.60. The standard InChI is InChI=1S/C12H21NO4/c1-11(2,3)17-8(14)6-13-7-12(4,5)9(15)10(13)16/h9,15H,6-7H2,1-5H3/t9-/m1/s1. The van der Waals surface area contributed by atoms with Crippen molar-refractivity contribution < 1.29 is 19.4 Å². The van der Waals surface area contributed by atoms with Gasteiger partial charge in [0.05, 0.1) is 0 Å². The van der Waals surface area contributed by atoms with Gasteiger partial charge in [-0.15, -0.1) is 0 Å². The number of rotatable bonds is 2. The first-order chi connectivity index (χ1) is 7.53. The van der Waals surface area contributed by atoms with E-state index in [0.29, 0.717) is 6.54 Å². The largest absolute Gasteiger partial charge is 0.459 e. The summed E-state index contributed by atoms with van der Waals surface area (Å²) < 4.78 is 5.14. The van der Waals surface area contributed by atoms with E-state index in [2.05, 4.69) is 0 Å². The van der Waals surface area contributed by atoms with Crippen molar-refractivity contribution in [2.75, 3.05) is 13.1 Å². The highest BCUT2D eigenvalue weighted by Gasteiger charge is 2.45. The summed E-state index contributed by atoms with van der Waals surface area (Å²) in [6.45, 7) is 9.18. The highest BCUT2D eigenvalue weighted by Crippen LogP contribution is 2.30. The van der Waals surface area contributed by atoms with Gasteiger partial charge in [-0.2, -0.15) is 0 Å². The maximum atomic E-state index is 11.7. The molecule has 0 aromatic carbocycles. The number of amides is 1. The first-order valence-electron chi connectivity index (χ1n) is 5.72. The molecular weight excluding hydrogens is 222 g/mol. The molecular formula is C12H21NO4. The van der Waals surface area contributed by atoms with E-state index >= 15 is 0 Å². The molecule has 1 fully saturated rings. The monoisotopic (exact) mass is 243 g/mol. The first-order valence-corrected chi connectivity index (χ1v) is 5.72. The Hall–Kier alpha value is -1.10. The van der Waals surface area contributed by atoms with Crippen LogP contribution in [0.15, 0.2) is 0 Å². The van der Waals surface area contributed by atoms with Gasteiger partial charge >= 0.3 is 5.97 Å². The van der Waals surface area contributed by atoms with Gasteiger partial charge in [-0.1, -0.05) is 13.8 Å². The Morgan fingerprint density at radius 2 is 2.06 bits per heavy atom. The topological polar surface area (TPSA) is 66.8 Å². The minimum Gasteiger partial charge on any atom is -0.459 e. The summed E-state index contributed by atoms with van der Waals surface area (Å²) in [7, 11) is 0. The Labute approximate surface area is 102 Å². The molecule has 0 spiro atoms. The minimum atomic E-state index is -1.04. The van der Waals surface area contributed by atoms with Crippen LogP contribution >= 0.6 is 0 Å². The minimum absolute atomic E-state index is 0.101. The van der Waals surface area contributed by atoms with Crippen molar-refractivity contribution in [2.24, 2.45) is 5.41 Å². The lowest BCUT2D eigenvalue weighted by molar-refractivity contribution is -0.158. The van der Waals surface area contributed by atoms with Gasteiger partial charge in [0.1, 0.15) is 18.2 Å². The van der Waals surface area contributed by atoms with Crippen LogP contribution in [0.2, 0.25) is 0 Å². The van der Waals surface area contributed by atoms with E-state index in [9.17, 15) is 14.7 Å². The molecule has 1 rings (SSSR count). The van der Waals surface area contributed by atoms with Crippen molar-refractivity contribution in [3.8, 4) is 0 Å². The summed E-state index contributed by atoms with van der Waals surface area (Å²) in [6, 6.07) is 0. The van der Waals surface area contributed by atoms with Crippen LogP contribution in [0.5, 0.6) is 0 Å². The van der Waals surface area contributed by atoms with Crippen LogP contribution in [0, 0.1) is 5.41 Å². The van der Waals surface area contributed by atoms with Crippen LogP contribution in [-0.4, -0.2) is 46.7 Å². The molecule has 0 bridgehead atoms. The van der Waals surface area contributed by atoms with Gasteiger partial charge in [0.15, 0.2) is 0 Å². The van der Waals surface area contributed by atoms with E-state index in [0.717, 1.165) is 0 Å². The average Bonchev–Trinajstić information content (AvgIpc) is 2.26. The second-order valence-electron chi connectivity index (χ2n) is 6.17. The Morgan fingerprint density at radius 1 is 1.53 bits per heavy atom. The van der Waals surface area contributed by atoms with Crippen molar-refractivity contribution in [1.29, 1.82) is 0 Å². The third kappa shape index (κ3) is 3.43. The highest BCUT2D eigenvalue weighted by atomic mass is 16.6. The van der Waals surface area contributed by atoms with Crippen molar-refractivity contribution in [3.05, 3.63) is 0 Å². The number of aliphatic hydroxyl groups is 1. The fraction of sp³-hybridized carbons (Fsp3) is 0.833. The molecule has 0 aromatic rings. The molecule has 1 aliphatic rings. The lowest BCUT2D eigenvalue weighted by Gasteiger charge is -2.23. The van der Waals surface area contributed by atoms with Crippen LogP contribution < -0.4 is 0 Å². The van der Waals surface area contributed by atoms with Gasteiger partial charge in [0.25, 0.3) is 5.91 Å². The summed E-state index contributed by atoms with van der Waals surface area (Å²) in [6.07, 6.45) is -1.04. The Bertz CT molecular complexity index is 330. The summed E-state index contributed by atoms with van der Waals surface area (Å²) in [5, 5.41) is 9.70. The van der Waals surface area contributed by atoms with Crippen molar-refractivity contribution in [3.63, 3.8) is 0 Å². The van der Waals surface area contributed by atoms with E-state index in [1.807, 2.05) is 0 Å². The number of esters is 1. The molecule has 0 saturated carbocycles. The van der Waals surface area contributed by atoms with E-state index in [1.54, 1.807) is 34.6 Å². The summed E-state index contributed by atoms with van der Waals surface area (Å²) in [5.41, 5.74) is -1.08. The molecule has 17 heavy (non-hydrogen) atoms. The van der Waals surface area contributed by atoms with Crippen LogP contribution in [0.1, 0.15) is 34.6 Å². The molecule has 0 aromatic heterocycles. The second kappa shape index (κ2) is 4.29. The van der Waals surface area contributed by atoms with E-state index in [1.165, 1.54) is 4.90 Å². The zero-order valence-electron chi connectivity index (χ0n) is 11.1. The average molecular weight is 243 g/mol. The van der Waals surface area contributed by atoms with Gasteiger partial charge in [0, 0.05) is 12.0 Å². The van der Waals surface area contributed by atoms with Gasteiger partial charge in [-0.3, -0.25) is 9.59 Å². The second-order valence-corrected chi connectivity index (χ2v) is 6.17. The van der Waals surface area contributed by atoms with Crippen LogP contribution in [0.4, 0.5) is 0 Å². The van der Waals surface area contributed by atoms with Crippen LogP contribution in [-0.2, 0) is 14.3 Å². The molecule has 1 atom stereocenters. The zero-order valence-corrected chi connectivity index (χ0v) is 11.1. The van der Waals surface area contributed by atoms with Crippen molar-refractivity contribution in [1.82, 2.24) is 4.90 Å². The maximum Gasteiger partial charge on any atom is 0.326 e. The molecule has 5 heteroatoms. The molecule has 1 aliphatic heterocycles. The predicted octanol–water partition coefficient (Wildman–Crippen LogP) is 0.557. The Kier molecular flexibility index (Phi) is 3.52. The SMILES string of the molecule is CC(C)(C)OC(=O)CN1CC(C)(C)[C@H](O)C1=O. The fourth-order valence-electron chi connectivity index (χ4n) is 1.83. The maximum absolute atomic E-state index is 11.7. The van der Waals surface area contributed by atoms with Crippen molar-refractivity contribution in [2.45, 2.75) is 46.3 Å². The lowest BCUT2D eigenvalue weighted by atomic mass is 9.90. The van der Waals surface area contributed by atoms with E-state index < -0.39 is 29.0 Å². The van der Waals surface area contributed by atoms with Crippen molar-refractivity contribution >= 4 is 11.9 Å². The molecule has 0 aliphatic carbocycles. The molecule has 1 amide bonds. The molecule has 98 valence electrons. The van der Waals surface area contributed by atoms with Gasteiger partial charge in [-0.25, -0.2) is 0 Å². The summed E-state index contributed by atoms with van der Waals surface area (Å²) in [5.74, 6) is -0.850. The third-order valence-electron chi connectivity index (χ3n) is 2.62.